The number of phenols is 3. The lowest BCUT2D eigenvalue weighted by atomic mass is 9.54. The molecule has 0 aliphatic carbocycles. The number of unbranched alkanes of at least 4 members (excludes halogenated alkanes) is 11. The van der Waals surface area contributed by atoms with Gasteiger partial charge in [0.1, 0.15) is 17.2 Å². The fourth-order valence-corrected chi connectivity index (χ4v) is 14.0. The predicted octanol–water partition coefficient (Wildman–Crippen LogP) is 14.9. The molecule has 6 heterocycles. The summed E-state index contributed by atoms with van der Waals surface area (Å²) in [6.45, 7) is 27.7. The molecular weight excluding hydrogens is 819 g/mol. The SMILES string of the molecule is CCCCCCCCCCCCCCC(c1ccc(O)c(C)c1C(C)(C)C)(c1ccc(O)c(C)c1C(C)(C)C)C12OP(O1)OC2(c1ccc(O)c(C)c1C(C)(C)C)C12OP(O1)O2. The third-order valence-electron chi connectivity index (χ3n) is 13.9. The quantitative estimate of drug-likeness (QED) is 0.0848. The lowest BCUT2D eigenvalue weighted by molar-refractivity contribution is -0.493. The lowest BCUT2D eigenvalue weighted by Gasteiger charge is -2.66. The molecule has 342 valence electrons. The molecule has 9 rings (SSSR count). The Morgan fingerprint density at radius 2 is 0.839 bits per heavy atom. The van der Waals surface area contributed by atoms with Gasteiger partial charge in [-0.1, -0.05) is 164 Å². The van der Waals surface area contributed by atoms with Crippen LogP contribution in [0.15, 0.2) is 36.4 Å². The van der Waals surface area contributed by atoms with Crippen molar-refractivity contribution in [3.63, 3.8) is 0 Å². The molecular formula is C51H74O9P2. The third-order valence-corrected chi connectivity index (χ3v) is 16.3. The highest BCUT2D eigenvalue weighted by atomic mass is 31.2. The summed E-state index contributed by atoms with van der Waals surface area (Å²) in [4.78, 5) is 0. The van der Waals surface area contributed by atoms with Gasteiger partial charge in [0.2, 0.25) is 11.4 Å². The molecule has 6 saturated heterocycles. The Balaban J connectivity index is 1.49. The average Bonchev–Trinajstić information content (AvgIpc) is 3.63. The van der Waals surface area contributed by atoms with Crippen molar-refractivity contribution in [2.45, 2.75) is 213 Å². The van der Waals surface area contributed by atoms with E-state index in [0.717, 1.165) is 58.2 Å². The number of fused-ring (bicyclic) bond motifs is 1. The number of rotatable bonds is 18. The second kappa shape index (κ2) is 17.2. The van der Waals surface area contributed by atoms with E-state index < -0.39 is 56.2 Å². The first kappa shape index (κ1) is 47.6. The summed E-state index contributed by atoms with van der Waals surface area (Å²) in [5, 5.41) is 34.5. The van der Waals surface area contributed by atoms with E-state index in [1.807, 2.05) is 26.8 Å². The molecule has 0 spiro atoms. The number of benzene rings is 3. The summed E-state index contributed by atoms with van der Waals surface area (Å²) in [7, 11) is -3.51. The fourth-order valence-electron chi connectivity index (χ4n) is 11.3. The van der Waals surface area contributed by atoms with Crippen molar-refractivity contribution >= 4 is 17.2 Å². The Morgan fingerprint density at radius 3 is 1.23 bits per heavy atom. The minimum Gasteiger partial charge on any atom is -0.508 e. The van der Waals surface area contributed by atoms with Crippen LogP contribution in [0.2, 0.25) is 0 Å². The van der Waals surface area contributed by atoms with E-state index >= 15 is 0 Å². The summed E-state index contributed by atoms with van der Waals surface area (Å²) in [6, 6.07) is 11.3. The minimum absolute atomic E-state index is 0.168. The van der Waals surface area contributed by atoms with Crippen molar-refractivity contribution < 1.29 is 42.5 Å². The smallest absolute Gasteiger partial charge is 0.346 e. The van der Waals surface area contributed by atoms with Crippen LogP contribution in [0.25, 0.3) is 0 Å². The van der Waals surface area contributed by atoms with Crippen LogP contribution in [-0.2, 0) is 54.4 Å². The highest BCUT2D eigenvalue weighted by molar-refractivity contribution is 7.45. The third kappa shape index (κ3) is 7.55. The van der Waals surface area contributed by atoms with Gasteiger partial charge < -0.3 is 15.3 Å². The molecule has 6 aliphatic heterocycles. The maximum atomic E-state index is 11.6. The fraction of sp³-hybridized carbons (Fsp3) is 0.647. The standard InChI is InChI=1S/C51H74O9P2/c1-14-15-16-17-18-19-20-21-22-23-24-25-32-48(36-26-29-39(52)33(2)42(36)45(5,6)7,37-27-30-40(53)34(3)43(37)46(8,9)10)50-49(55-61(56-50)57-50,51-58-62(59-51)60-51)38-28-31-41(54)35(4)44(38)47(11,12)13/h26-31,52-54H,14-25,32H2,1-13H3. The highest BCUT2D eigenvalue weighted by Gasteiger charge is 2.95. The van der Waals surface area contributed by atoms with E-state index in [9.17, 15) is 15.3 Å². The molecule has 11 heteroatoms. The molecule has 1 unspecified atom stereocenters. The first-order chi connectivity index (χ1) is 29.0. The van der Waals surface area contributed by atoms with E-state index in [-0.39, 0.29) is 17.2 Å². The summed E-state index contributed by atoms with van der Waals surface area (Å²) >= 11 is 0. The lowest BCUT2D eigenvalue weighted by Crippen LogP contribution is -2.79. The van der Waals surface area contributed by atoms with E-state index in [0.29, 0.717) is 17.5 Å². The van der Waals surface area contributed by atoms with Crippen molar-refractivity contribution in [3.8, 4) is 17.2 Å². The summed E-state index contributed by atoms with van der Waals surface area (Å²) in [5.74, 6) is -2.80. The molecule has 62 heavy (non-hydrogen) atoms. The van der Waals surface area contributed by atoms with Crippen molar-refractivity contribution in [2.75, 3.05) is 0 Å². The van der Waals surface area contributed by atoms with Gasteiger partial charge in [-0.3, -0.25) is 13.6 Å². The van der Waals surface area contributed by atoms with Crippen LogP contribution in [0.3, 0.4) is 0 Å². The predicted molar refractivity (Wildman–Crippen MR) is 249 cm³/mol. The van der Waals surface area contributed by atoms with Crippen molar-refractivity contribution in [1.82, 2.24) is 0 Å². The monoisotopic (exact) mass is 892 g/mol. The number of hydrogen-bond donors (Lipinski definition) is 3. The first-order valence-corrected chi connectivity index (χ1v) is 25.5. The Kier molecular flexibility index (Phi) is 13.2. The summed E-state index contributed by atoms with van der Waals surface area (Å²) < 4.78 is 41.8. The van der Waals surface area contributed by atoms with Crippen LogP contribution in [0.1, 0.15) is 203 Å². The average molecular weight is 893 g/mol. The molecule has 6 fully saturated rings. The molecule has 0 amide bonds. The summed E-state index contributed by atoms with van der Waals surface area (Å²) in [6.07, 6.45) is 15.0. The van der Waals surface area contributed by atoms with Gasteiger partial charge >= 0.3 is 23.2 Å². The van der Waals surface area contributed by atoms with E-state index in [1.54, 1.807) is 18.2 Å². The van der Waals surface area contributed by atoms with Crippen molar-refractivity contribution in [2.24, 2.45) is 0 Å². The van der Waals surface area contributed by atoms with Gasteiger partial charge in [0, 0.05) is 5.56 Å². The van der Waals surface area contributed by atoms with Gasteiger partial charge in [0.15, 0.2) is 0 Å². The zero-order valence-electron chi connectivity index (χ0n) is 39.8. The zero-order valence-corrected chi connectivity index (χ0v) is 41.6. The normalized spacial score (nSPS) is 25.7. The Morgan fingerprint density at radius 1 is 0.468 bits per heavy atom. The van der Waals surface area contributed by atoms with Gasteiger partial charge in [-0.25, -0.2) is 13.6 Å². The van der Waals surface area contributed by atoms with Crippen molar-refractivity contribution in [1.29, 1.82) is 0 Å². The van der Waals surface area contributed by atoms with Gasteiger partial charge in [0.25, 0.3) is 0 Å². The number of phenolic OH excluding ortho intramolecular Hbond substituents is 3. The maximum Gasteiger partial charge on any atom is 0.346 e. The Bertz CT molecular complexity index is 2040. The van der Waals surface area contributed by atoms with Crippen LogP contribution < -0.4 is 0 Å². The minimum atomic E-state index is -1.94. The van der Waals surface area contributed by atoms with Crippen molar-refractivity contribution in [3.05, 3.63) is 86.5 Å². The molecule has 1 atom stereocenters. The highest BCUT2D eigenvalue weighted by Crippen LogP contribution is 2.91. The van der Waals surface area contributed by atoms with Crippen LogP contribution >= 0.6 is 17.2 Å². The Labute approximate surface area is 374 Å². The summed E-state index contributed by atoms with van der Waals surface area (Å²) in [5.41, 5.74) is 3.37. The molecule has 3 aromatic carbocycles. The van der Waals surface area contributed by atoms with E-state index in [1.165, 1.54) is 57.8 Å². The van der Waals surface area contributed by atoms with Gasteiger partial charge in [-0.05, 0) is 106 Å². The van der Waals surface area contributed by atoms with Gasteiger partial charge in [0.05, 0.1) is 5.41 Å². The molecule has 0 radical (unpaired) electrons. The number of aromatic hydroxyl groups is 3. The molecule has 6 aliphatic rings. The molecule has 0 aromatic heterocycles. The second-order valence-electron chi connectivity index (χ2n) is 21.5. The van der Waals surface area contributed by atoms with E-state index in [2.05, 4.69) is 81.4 Å². The van der Waals surface area contributed by atoms with Gasteiger partial charge in [-0.2, -0.15) is 0 Å². The van der Waals surface area contributed by atoms with E-state index in [4.69, 9.17) is 27.1 Å². The molecule has 9 nitrogen and oxygen atoms in total. The molecule has 3 N–H and O–H groups in total. The topological polar surface area (TPSA) is 116 Å². The van der Waals surface area contributed by atoms with Gasteiger partial charge in [-0.15, -0.1) is 0 Å². The maximum absolute atomic E-state index is 11.6. The largest absolute Gasteiger partial charge is 0.508 e. The van der Waals surface area contributed by atoms with Crippen LogP contribution in [0, 0.1) is 20.8 Å². The molecule has 0 saturated carbocycles. The zero-order chi connectivity index (χ0) is 45.3. The Hall–Kier alpha value is -2.32. The van der Waals surface area contributed by atoms with Crippen LogP contribution in [-0.4, -0.2) is 27.1 Å². The van der Waals surface area contributed by atoms with Crippen LogP contribution in [0.5, 0.6) is 17.2 Å². The second-order valence-corrected chi connectivity index (χ2v) is 23.5. The molecule has 3 aromatic rings. The number of hydrogen-bond acceptors (Lipinski definition) is 9. The van der Waals surface area contributed by atoms with Crippen LogP contribution in [0.4, 0.5) is 0 Å². The first-order valence-electron chi connectivity index (χ1n) is 23.3. The molecule has 4 bridgehead atoms.